The van der Waals surface area contributed by atoms with Gasteiger partial charge in [0, 0.05) is 45.1 Å². The van der Waals surface area contributed by atoms with E-state index in [4.69, 9.17) is 9.47 Å². The van der Waals surface area contributed by atoms with E-state index in [1.54, 1.807) is 6.07 Å². The fraction of sp³-hybridized carbons (Fsp3) is 0.424. The molecular formula is C33H39F3N2O5S. The molecule has 0 aliphatic carbocycles. The summed E-state index contributed by atoms with van der Waals surface area (Å²) in [6.07, 6.45) is -3.13. The Morgan fingerprint density at radius 3 is 2.16 bits per heavy atom. The maximum absolute atomic E-state index is 13.7. The number of rotatable bonds is 13. The molecule has 3 aromatic rings. The van der Waals surface area contributed by atoms with Crippen molar-refractivity contribution in [1.29, 1.82) is 0 Å². The topological polar surface area (TPSA) is 76.2 Å². The molecule has 0 aromatic heterocycles. The van der Waals surface area contributed by atoms with E-state index in [0.717, 1.165) is 27.8 Å². The van der Waals surface area contributed by atoms with Crippen LogP contribution in [0.15, 0.2) is 78.9 Å². The largest absolute Gasteiger partial charge is 0.468 e. The van der Waals surface area contributed by atoms with Gasteiger partial charge in [-0.2, -0.15) is 17.5 Å². The molecule has 1 fully saturated rings. The van der Waals surface area contributed by atoms with Crippen molar-refractivity contribution < 1.29 is 35.9 Å². The molecule has 1 heterocycles. The summed E-state index contributed by atoms with van der Waals surface area (Å²) < 4.78 is 77.6. The van der Waals surface area contributed by atoms with Crippen LogP contribution in [-0.2, 0) is 37.0 Å². The standard InChI is InChI=1S/C33H39F3N2O5S/c1-24-27(16-10-17-30(24)33(34,35)36)21-37(23-29(25-12-6-4-7-13-25)26-14-8-5-9-15-26)18-11-19-43-28-20-31(32(39)42-2)38(22-28)44(3,40)41/h4-10,12-17,28-29,31H,11,18-23H2,1-3H3/t28?,31-/m0/s1. The minimum absolute atomic E-state index is 0.0246. The van der Waals surface area contributed by atoms with E-state index in [1.165, 1.54) is 20.1 Å². The van der Waals surface area contributed by atoms with E-state index < -0.39 is 39.9 Å². The third-order valence-electron chi connectivity index (χ3n) is 8.08. The zero-order chi connectivity index (χ0) is 31.9. The Morgan fingerprint density at radius 1 is 1.00 bits per heavy atom. The molecule has 1 aliphatic heterocycles. The summed E-state index contributed by atoms with van der Waals surface area (Å²) in [7, 11) is -2.42. The van der Waals surface area contributed by atoms with Gasteiger partial charge in [-0.15, -0.1) is 0 Å². The van der Waals surface area contributed by atoms with E-state index in [1.807, 2.05) is 36.4 Å². The second-order valence-electron chi connectivity index (χ2n) is 11.2. The molecule has 4 rings (SSSR count). The number of carbonyl (C=O) groups excluding carboxylic acids is 1. The summed E-state index contributed by atoms with van der Waals surface area (Å²) in [4.78, 5) is 14.3. The Balaban J connectivity index is 1.52. The Kier molecular flexibility index (Phi) is 11.2. The van der Waals surface area contributed by atoms with Gasteiger partial charge in [0.25, 0.3) is 0 Å². The molecule has 1 unspecified atom stereocenters. The van der Waals surface area contributed by atoms with Crippen molar-refractivity contribution in [3.8, 4) is 0 Å². The summed E-state index contributed by atoms with van der Waals surface area (Å²) in [5.41, 5.74) is 2.36. The molecule has 0 bridgehead atoms. The van der Waals surface area contributed by atoms with Crippen molar-refractivity contribution in [3.63, 3.8) is 0 Å². The first-order valence-electron chi connectivity index (χ1n) is 14.5. The quantitative estimate of drug-likeness (QED) is 0.180. The molecule has 3 aromatic carbocycles. The normalized spacial score (nSPS) is 17.8. The van der Waals surface area contributed by atoms with Crippen LogP contribution in [0.5, 0.6) is 0 Å². The molecule has 0 radical (unpaired) electrons. The van der Waals surface area contributed by atoms with Crippen molar-refractivity contribution in [2.45, 2.75) is 50.6 Å². The average Bonchev–Trinajstić information content (AvgIpc) is 3.44. The summed E-state index contributed by atoms with van der Waals surface area (Å²) in [5, 5.41) is 0. The fourth-order valence-electron chi connectivity index (χ4n) is 5.81. The Hall–Kier alpha value is -3.25. The highest BCUT2D eigenvalue weighted by atomic mass is 32.2. The van der Waals surface area contributed by atoms with Gasteiger partial charge in [-0.05, 0) is 41.7 Å². The number of methoxy groups -OCH3 is 1. The van der Waals surface area contributed by atoms with Crippen LogP contribution >= 0.6 is 0 Å². The molecule has 0 N–H and O–H groups in total. The average molecular weight is 633 g/mol. The van der Waals surface area contributed by atoms with E-state index in [2.05, 4.69) is 29.2 Å². The number of hydrogen-bond donors (Lipinski definition) is 0. The summed E-state index contributed by atoms with van der Waals surface area (Å²) in [6.45, 7) is 3.23. The molecule has 0 saturated carbocycles. The molecule has 0 amide bonds. The van der Waals surface area contributed by atoms with Crippen molar-refractivity contribution >= 4 is 16.0 Å². The third-order valence-corrected chi connectivity index (χ3v) is 9.33. The SMILES string of the molecule is COC(=O)[C@@H]1CC(OCCCN(Cc2cccc(C(F)(F)F)c2C)CC(c2ccccc2)c2ccccc2)CN1S(C)(=O)=O. The predicted molar refractivity (Wildman–Crippen MR) is 163 cm³/mol. The van der Waals surface area contributed by atoms with Crippen LogP contribution in [0.1, 0.15) is 46.6 Å². The molecule has 0 spiro atoms. The number of halogens is 3. The Bertz CT molecular complexity index is 1450. The van der Waals surface area contributed by atoms with Gasteiger partial charge in [0.2, 0.25) is 10.0 Å². The number of benzene rings is 3. The van der Waals surface area contributed by atoms with Crippen LogP contribution < -0.4 is 0 Å². The fourth-order valence-corrected chi connectivity index (χ4v) is 6.89. The second-order valence-corrected chi connectivity index (χ2v) is 13.1. The zero-order valence-corrected chi connectivity index (χ0v) is 26.0. The summed E-state index contributed by atoms with van der Waals surface area (Å²) >= 11 is 0. The van der Waals surface area contributed by atoms with Crippen molar-refractivity contribution in [2.24, 2.45) is 0 Å². The number of ether oxygens (including phenoxy) is 2. The van der Waals surface area contributed by atoms with Crippen LogP contribution in [0.3, 0.4) is 0 Å². The van der Waals surface area contributed by atoms with Crippen molar-refractivity contribution in [3.05, 3.63) is 107 Å². The van der Waals surface area contributed by atoms with E-state index in [9.17, 15) is 26.4 Å². The van der Waals surface area contributed by atoms with Crippen LogP contribution in [0, 0.1) is 6.92 Å². The lowest BCUT2D eigenvalue weighted by atomic mass is 9.90. The Morgan fingerprint density at radius 2 is 1.61 bits per heavy atom. The first-order chi connectivity index (χ1) is 20.9. The highest BCUT2D eigenvalue weighted by Crippen LogP contribution is 2.34. The molecule has 238 valence electrons. The summed E-state index contributed by atoms with van der Waals surface area (Å²) in [6, 6.07) is 23.4. The van der Waals surface area contributed by atoms with Crippen LogP contribution in [0.25, 0.3) is 0 Å². The molecule has 1 saturated heterocycles. The van der Waals surface area contributed by atoms with Crippen molar-refractivity contribution in [1.82, 2.24) is 9.21 Å². The minimum atomic E-state index is -4.45. The number of hydrogen-bond acceptors (Lipinski definition) is 6. The molecule has 11 heteroatoms. The maximum Gasteiger partial charge on any atom is 0.416 e. The molecular weight excluding hydrogens is 593 g/mol. The van der Waals surface area contributed by atoms with Gasteiger partial charge >= 0.3 is 12.1 Å². The first kappa shape index (κ1) is 33.6. The number of carbonyl (C=O) groups is 1. The van der Waals surface area contributed by atoms with E-state index in [0.29, 0.717) is 31.6 Å². The lowest BCUT2D eigenvalue weighted by Gasteiger charge is -2.29. The van der Waals surface area contributed by atoms with Gasteiger partial charge in [0.1, 0.15) is 6.04 Å². The highest BCUT2D eigenvalue weighted by molar-refractivity contribution is 7.88. The number of alkyl halides is 3. The van der Waals surface area contributed by atoms with Gasteiger partial charge < -0.3 is 9.47 Å². The highest BCUT2D eigenvalue weighted by Gasteiger charge is 2.43. The first-order valence-corrected chi connectivity index (χ1v) is 16.4. The van der Waals surface area contributed by atoms with Gasteiger partial charge in [-0.25, -0.2) is 8.42 Å². The monoisotopic (exact) mass is 632 g/mol. The van der Waals surface area contributed by atoms with Gasteiger partial charge in [-0.3, -0.25) is 9.69 Å². The van der Waals surface area contributed by atoms with Gasteiger partial charge in [0.05, 0.1) is 25.0 Å². The van der Waals surface area contributed by atoms with Crippen LogP contribution in [0.2, 0.25) is 0 Å². The second kappa shape index (κ2) is 14.7. The number of nitrogens with zero attached hydrogens (tertiary/aromatic N) is 2. The van der Waals surface area contributed by atoms with Gasteiger partial charge in [0.15, 0.2) is 0 Å². The minimum Gasteiger partial charge on any atom is -0.468 e. The van der Waals surface area contributed by atoms with Crippen LogP contribution in [-0.4, -0.2) is 75.3 Å². The van der Waals surface area contributed by atoms with E-state index >= 15 is 0 Å². The zero-order valence-electron chi connectivity index (χ0n) is 25.2. The molecule has 1 aliphatic rings. The molecule has 44 heavy (non-hydrogen) atoms. The smallest absolute Gasteiger partial charge is 0.416 e. The maximum atomic E-state index is 13.7. The lowest BCUT2D eigenvalue weighted by Crippen LogP contribution is -2.40. The number of esters is 1. The molecule has 2 atom stereocenters. The summed E-state index contributed by atoms with van der Waals surface area (Å²) in [5.74, 6) is -0.652. The van der Waals surface area contributed by atoms with E-state index in [-0.39, 0.29) is 31.1 Å². The molecule has 7 nitrogen and oxygen atoms in total. The van der Waals surface area contributed by atoms with Crippen LogP contribution in [0.4, 0.5) is 13.2 Å². The third kappa shape index (κ3) is 8.68. The Labute approximate surface area is 257 Å². The van der Waals surface area contributed by atoms with Crippen molar-refractivity contribution in [2.75, 3.05) is 39.6 Å². The van der Waals surface area contributed by atoms with Gasteiger partial charge in [-0.1, -0.05) is 72.8 Å². The predicted octanol–water partition coefficient (Wildman–Crippen LogP) is 5.63. The lowest BCUT2D eigenvalue weighted by molar-refractivity contribution is -0.144. The number of sulfonamides is 1.